The predicted molar refractivity (Wildman–Crippen MR) is 483 cm³/mol. The summed E-state index contributed by atoms with van der Waals surface area (Å²) in [5.74, 6) is -1.42. The molecule has 0 saturated carbocycles. The summed E-state index contributed by atoms with van der Waals surface area (Å²) in [6.07, 6.45) is 12.9. The minimum Gasteiger partial charge on any atom is -0.508 e. The maximum atomic E-state index is 13.7. The van der Waals surface area contributed by atoms with Gasteiger partial charge in [0, 0.05) is 110 Å². The zero-order valence-corrected chi connectivity index (χ0v) is 74.6. The molecule has 4 aromatic rings. The van der Waals surface area contributed by atoms with Crippen LogP contribution in [0.5, 0.6) is 11.5 Å². The molecule has 6 aliphatic heterocycles. The molecule has 6 heterocycles. The van der Waals surface area contributed by atoms with E-state index in [9.17, 15) is 62.6 Å². The van der Waals surface area contributed by atoms with Gasteiger partial charge in [-0.1, -0.05) is 211 Å². The third kappa shape index (κ3) is 33.3. The van der Waals surface area contributed by atoms with E-state index in [2.05, 4.69) is 67.6 Å². The SMILES string of the molecule is C=C1CNC(=O)[C@@H](Cc2ccc(O)cc2)NC(=O)[C@H]2CSSCC/C=C/C(CC(=O)C[C@H](C(C)C)C(=O)N2)O1.C=C1CNC(=O)[C@@H](Cc2ccc(OC)cc2)NC(=O)[C@H]2CSSCC/C=C/C(CC(=O)C[C@H](C(C)C)C(=O)N2)O1.C=C1CNC(=O)[C@@H](Cc2cccc3ccccc23)NC(=O)[C@H]2CSSCC/C=C/C(CC(=O)C[C@H](C(C)C)C(=O)N2)O1. The third-order valence-electron chi connectivity index (χ3n) is 20.6. The molecular weight excluding hydrogens is 1660 g/mol. The second kappa shape index (κ2) is 50.5. The number of ketones is 3. The van der Waals surface area contributed by atoms with Crippen molar-refractivity contribution in [3.8, 4) is 11.5 Å². The van der Waals surface area contributed by atoms with Gasteiger partial charge in [-0.05, 0) is 107 Å². The number of ether oxygens (including phenoxy) is 4. The lowest BCUT2D eigenvalue weighted by Gasteiger charge is -2.27. The van der Waals surface area contributed by atoms with Gasteiger partial charge in [0.2, 0.25) is 53.2 Å². The van der Waals surface area contributed by atoms with E-state index in [1.165, 1.54) is 44.5 Å². The van der Waals surface area contributed by atoms with Crippen LogP contribution in [0.4, 0.5) is 0 Å². The molecule has 0 spiro atoms. The van der Waals surface area contributed by atoms with E-state index in [0.717, 1.165) is 64.0 Å². The molecule has 9 amide bonds. The van der Waals surface area contributed by atoms with Gasteiger partial charge < -0.3 is 71.9 Å². The number of nitrogens with one attached hydrogen (secondary N) is 9. The van der Waals surface area contributed by atoms with Gasteiger partial charge in [0.25, 0.3) is 0 Å². The van der Waals surface area contributed by atoms with Crippen molar-refractivity contribution in [1.29, 1.82) is 0 Å². The molecule has 654 valence electrons. The van der Waals surface area contributed by atoms with Gasteiger partial charge in [0.05, 0.1) is 26.7 Å². The van der Waals surface area contributed by atoms with E-state index in [4.69, 9.17) is 18.9 Å². The van der Waals surface area contributed by atoms with E-state index in [0.29, 0.717) is 34.5 Å². The van der Waals surface area contributed by atoms with Crippen molar-refractivity contribution >= 4 is 146 Å². The standard InChI is InChI=1S/C32H39N3O5S2.C29H39N3O6S2.C28H37N3O6S2/c1-20(2)27-17-24(36)16-25-12-6-7-14-41-42-19-29(35-30(27)37)32(39)34-28(31(38)33-18-21(3)40-25)15-23-11-8-10-22-9-4-5-13-26(22)23;1-18(2)24-15-21(33)14-23-7-5-6-12-39-40-17-26(32-27(24)34)29(36)31-25(28(35)30-16-19(3)38-23)13-20-8-10-22(37-4)11-9-20;1-17(2)23-14-21(33)13-22-6-4-5-11-38-39-16-25(31-26(23)34)28(36)30-24(27(35)29-15-18(3)37-22)12-19-7-9-20(32)10-8-19/h4-6,8-13,20,25,27-29H,3,7,14-19H2,1-2H3,(H,33,38)(H,34,39)(H,35,37);5,7-11,18,23-26H,3,6,12-17H2,1-2,4H3,(H,30,35)(H,31,36)(H,32,34);4,6-10,17,22-25,32H,3,5,11-16H2,1-2H3,(H,29,35)(H,30,36)(H,31,34)/b12-6+;7-5+;6-4+/t25?,27-,28-,29-;23?,24-,25-,26-;22?,23-,24-,25-/m111/s1. The van der Waals surface area contributed by atoms with Crippen molar-refractivity contribution in [2.24, 2.45) is 35.5 Å². The third-order valence-corrected chi connectivity index (χ3v) is 27.9. The van der Waals surface area contributed by atoms with Crippen molar-refractivity contribution in [3.05, 3.63) is 181 Å². The number of fused-ring (bicyclic) bond motifs is 22. The van der Waals surface area contributed by atoms with Gasteiger partial charge in [-0.3, -0.25) is 57.5 Å². The minimum atomic E-state index is -0.950. The second-order valence-corrected chi connectivity index (χ2v) is 39.1. The minimum absolute atomic E-state index is 0.000199. The fourth-order valence-electron chi connectivity index (χ4n) is 13.7. The molecule has 10 N–H and O–H groups in total. The number of phenols is 1. The first-order chi connectivity index (χ1) is 58.0. The summed E-state index contributed by atoms with van der Waals surface area (Å²) >= 11 is 0. The molecule has 0 aliphatic carbocycles. The molecule has 3 unspecified atom stereocenters. The molecule has 121 heavy (non-hydrogen) atoms. The maximum Gasteiger partial charge on any atom is 0.244 e. The monoisotopic (exact) mass is 1770 g/mol. The number of aromatic hydroxyl groups is 1. The van der Waals surface area contributed by atoms with Gasteiger partial charge in [0.15, 0.2) is 0 Å². The fraction of sp³-hybridized carbons (Fsp3) is 0.483. The lowest BCUT2D eigenvalue weighted by molar-refractivity contribution is -0.135. The molecule has 0 aromatic heterocycles. The number of allylic oxidation sites excluding steroid dienone is 3. The number of amides is 9. The lowest BCUT2D eigenvalue weighted by atomic mass is 9.88. The molecule has 12 atom stereocenters. The molecule has 0 radical (unpaired) electrons. The van der Waals surface area contributed by atoms with Crippen LogP contribution in [0.2, 0.25) is 0 Å². The van der Waals surface area contributed by atoms with Gasteiger partial charge >= 0.3 is 0 Å². The Hall–Kier alpha value is -9.08. The summed E-state index contributed by atoms with van der Waals surface area (Å²) < 4.78 is 23.2. The quantitative estimate of drug-likeness (QED) is 0.0521. The summed E-state index contributed by atoms with van der Waals surface area (Å²) in [4.78, 5) is 160. The molecule has 10 rings (SSSR count). The smallest absolute Gasteiger partial charge is 0.244 e. The van der Waals surface area contributed by atoms with E-state index >= 15 is 0 Å². The average Bonchev–Trinajstić information content (AvgIpc) is 0.890. The van der Waals surface area contributed by atoms with E-state index in [1.807, 2.05) is 133 Å². The van der Waals surface area contributed by atoms with Crippen LogP contribution >= 0.6 is 64.8 Å². The highest BCUT2D eigenvalue weighted by atomic mass is 33.1. The van der Waals surface area contributed by atoms with Crippen LogP contribution < -0.4 is 52.6 Å². The average molecular weight is 1780 g/mol. The van der Waals surface area contributed by atoms with Crippen LogP contribution in [0.3, 0.4) is 0 Å². The predicted octanol–water partition coefficient (Wildman–Crippen LogP) is 10.4. The zero-order valence-electron chi connectivity index (χ0n) is 69.7. The molecule has 6 aliphatic rings. The second-order valence-electron chi connectivity index (χ2n) is 31.2. The summed E-state index contributed by atoms with van der Waals surface area (Å²) in [5, 5.41) is 37.3. The van der Waals surface area contributed by atoms with E-state index in [-0.39, 0.29) is 142 Å². The van der Waals surface area contributed by atoms with Gasteiger partial charge in [0.1, 0.15) is 101 Å². The fourth-order valence-corrected chi connectivity index (χ4v) is 20.2. The number of Topliss-reactive ketones (excluding diaryl/α,β-unsaturated/α-hetero) is 3. The molecule has 3 saturated heterocycles. The van der Waals surface area contributed by atoms with E-state index < -0.39 is 108 Å². The number of hydrogen-bond acceptors (Lipinski definition) is 23. The number of carbonyl (C=O) groups is 12. The van der Waals surface area contributed by atoms with Crippen LogP contribution in [-0.2, 0) is 91.0 Å². The van der Waals surface area contributed by atoms with Crippen molar-refractivity contribution in [1.82, 2.24) is 47.9 Å². The normalized spacial score (nSPS) is 26.6. The number of methoxy groups -OCH3 is 1. The number of rotatable bonds is 10. The highest BCUT2D eigenvalue weighted by molar-refractivity contribution is 8.77. The Kier molecular flexibility index (Phi) is 40.6. The highest BCUT2D eigenvalue weighted by Crippen LogP contribution is 2.31. The molecule has 3 fully saturated rings. The maximum absolute atomic E-state index is 13.7. The summed E-state index contributed by atoms with van der Waals surface area (Å²) in [7, 11) is 10.8. The molecule has 6 bridgehead atoms. The lowest BCUT2D eigenvalue weighted by Crippen LogP contribution is -2.56. The first-order valence-corrected chi connectivity index (χ1v) is 48.3. The van der Waals surface area contributed by atoms with Crippen molar-refractivity contribution < 1.29 is 81.6 Å². The van der Waals surface area contributed by atoms with Crippen LogP contribution in [0.15, 0.2) is 164 Å². The van der Waals surface area contributed by atoms with Gasteiger partial charge in [-0.25, -0.2) is 0 Å². The number of carbonyl (C=O) groups excluding carboxylic acids is 12. The Bertz CT molecular complexity index is 4370. The van der Waals surface area contributed by atoms with Crippen LogP contribution in [0.1, 0.15) is 116 Å². The number of benzene rings is 4. The molecule has 32 heteroatoms. The van der Waals surface area contributed by atoms with Crippen LogP contribution in [0.25, 0.3) is 10.8 Å². The van der Waals surface area contributed by atoms with Gasteiger partial charge in [-0.2, -0.15) is 0 Å². The zero-order chi connectivity index (χ0) is 87.5. The van der Waals surface area contributed by atoms with Gasteiger partial charge in [-0.15, -0.1) is 0 Å². The largest absolute Gasteiger partial charge is 0.508 e. The summed E-state index contributed by atoms with van der Waals surface area (Å²) in [6.45, 7) is 23.2. The first kappa shape index (κ1) is 97.4. The Labute approximate surface area is 733 Å². The van der Waals surface area contributed by atoms with Crippen molar-refractivity contribution in [2.45, 2.75) is 173 Å². The van der Waals surface area contributed by atoms with Crippen molar-refractivity contribution in [3.63, 3.8) is 0 Å². The molecule has 26 nitrogen and oxygen atoms in total. The Balaban J connectivity index is 0.000000226. The highest BCUT2D eigenvalue weighted by Gasteiger charge is 2.38. The number of phenolic OH excluding ortho intramolecular Hbond substituents is 1. The Morgan fingerprint density at radius 2 is 0.736 bits per heavy atom. The molecular formula is C89H115N9O17S6. The summed E-state index contributed by atoms with van der Waals surface area (Å²) in [5.41, 5.74) is 2.47. The Morgan fingerprint density at radius 3 is 1.09 bits per heavy atom. The Morgan fingerprint density at radius 1 is 0.397 bits per heavy atom. The van der Waals surface area contributed by atoms with Crippen LogP contribution in [0, 0.1) is 35.5 Å². The van der Waals surface area contributed by atoms with Crippen molar-refractivity contribution in [2.75, 3.05) is 61.3 Å². The molecule has 4 aromatic carbocycles. The van der Waals surface area contributed by atoms with Crippen LogP contribution in [-0.4, -0.2) is 191 Å². The topological polar surface area (TPSA) is 370 Å². The first-order valence-electron chi connectivity index (χ1n) is 40.8. The summed E-state index contributed by atoms with van der Waals surface area (Å²) in [6, 6.07) is 22.0. The van der Waals surface area contributed by atoms with E-state index in [1.54, 1.807) is 63.8 Å². The number of hydrogen-bond donors (Lipinski definition) is 10.